The smallest absolute Gasteiger partial charge is 0.340 e. The van der Waals surface area contributed by atoms with Crippen LogP contribution in [0.1, 0.15) is 20.7 Å². The highest BCUT2D eigenvalue weighted by Gasteiger charge is 2.14. The number of amides is 2. The number of benzene rings is 3. The lowest BCUT2D eigenvalue weighted by atomic mass is 10.2. The second-order valence-corrected chi connectivity index (χ2v) is 6.74. The van der Waals surface area contributed by atoms with Gasteiger partial charge in [0.05, 0.1) is 23.4 Å². The summed E-state index contributed by atoms with van der Waals surface area (Å²) in [7, 11) is 1.52. The van der Waals surface area contributed by atoms with Crippen LogP contribution in [0.15, 0.2) is 72.8 Å². The third-order valence-corrected chi connectivity index (χ3v) is 4.54. The van der Waals surface area contributed by atoms with Gasteiger partial charge in [-0.25, -0.2) is 4.79 Å². The molecular weight excluding hydrogens is 420 g/mol. The average molecular weight is 439 g/mol. The summed E-state index contributed by atoms with van der Waals surface area (Å²) < 4.78 is 10.2. The summed E-state index contributed by atoms with van der Waals surface area (Å²) in [6.07, 6.45) is 0. The molecule has 3 rings (SSSR count). The van der Waals surface area contributed by atoms with E-state index in [0.29, 0.717) is 22.7 Å². The molecule has 0 aliphatic heterocycles. The van der Waals surface area contributed by atoms with E-state index in [1.54, 1.807) is 66.7 Å². The predicted molar refractivity (Wildman–Crippen MR) is 118 cm³/mol. The molecule has 0 spiro atoms. The van der Waals surface area contributed by atoms with Gasteiger partial charge in [-0.1, -0.05) is 35.9 Å². The Kier molecular flexibility index (Phi) is 7.24. The number of nitrogens with one attached hydrogen (secondary N) is 2. The first-order valence-corrected chi connectivity index (χ1v) is 9.61. The van der Waals surface area contributed by atoms with Crippen molar-refractivity contribution in [3.8, 4) is 5.75 Å². The van der Waals surface area contributed by atoms with E-state index in [1.165, 1.54) is 13.2 Å². The SMILES string of the molecule is COc1ccccc1NC(=O)c1ccc(NC(=O)COC(=O)c2ccccc2Cl)cc1. The topological polar surface area (TPSA) is 93.7 Å². The van der Waals surface area contributed by atoms with E-state index in [0.717, 1.165) is 0 Å². The number of esters is 1. The maximum absolute atomic E-state index is 12.4. The molecule has 0 aliphatic carbocycles. The van der Waals surface area contributed by atoms with E-state index >= 15 is 0 Å². The zero-order valence-corrected chi connectivity index (χ0v) is 17.3. The molecule has 158 valence electrons. The lowest BCUT2D eigenvalue weighted by molar-refractivity contribution is -0.119. The lowest BCUT2D eigenvalue weighted by Crippen LogP contribution is -2.21. The van der Waals surface area contributed by atoms with Crippen LogP contribution in [0.5, 0.6) is 5.75 Å². The first-order valence-electron chi connectivity index (χ1n) is 9.24. The number of hydrogen-bond donors (Lipinski definition) is 2. The largest absolute Gasteiger partial charge is 0.495 e. The summed E-state index contributed by atoms with van der Waals surface area (Å²) in [6, 6.07) is 19.7. The Hall–Kier alpha value is -3.84. The molecule has 2 amide bonds. The summed E-state index contributed by atoms with van der Waals surface area (Å²) in [6.45, 7) is -0.472. The first kappa shape index (κ1) is 21.9. The van der Waals surface area contributed by atoms with Crippen molar-refractivity contribution in [3.05, 3.63) is 88.9 Å². The van der Waals surface area contributed by atoms with E-state index in [4.69, 9.17) is 21.1 Å². The monoisotopic (exact) mass is 438 g/mol. The molecule has 0 atom stereocenters. The van der Waals surface area contributed by atoms with Gasteiger partial charge in [0.25, 0.3) is 11.8 Å². The molecule has 0 bridgehead atoms. The Labute approximate surface area is 183 Å². The van der Waals surface area contributed by atoms with Gasteiger partial charge in [0.1, 0.15) is 5.75 Å². The molecule has 8 heteroatoms. The van der Waals surface area contributed by atoms with Crippen LogP contribution in [-0.2, 0) is 9.53 Å². The van der Waals surface area contributed by atoms with Crippen LogP contribution in [-0.4, -0.2) is 31.5 Å². The highest BCUT2D eigenvalue weighted by Crippen LogP contribution is 2.24. The molecule has 0 saturated heterocycles. The molecule has 0 fully saturated rings. The van der Waals surface area contributed by atoms with Crippen LogP contribution < -0.4 is 15.4 Å². The number of halogens is 1. The summed E-state index contributed by atoms with van der Waals surface area (Å²) in [5.74, 6) is -0.988. The standard InChI is InChI=1S/C23H19ClN2O5/c1-30-20-9-5-4-8-19(20)26-22(28)15-10-12-16(13-11-15)25-21(27)14-31-23(29)17-6-2-3-7-18(17)24/h2-13H,14H2,1H3,(H,25,27)(H,26,28). The summed E-state index contributed by atoms with van der Waals surface area (Å²) in [5.41, 5.74) is 1.58. The average Bonchev–Trinajstić information content (AvgIpc) is 2.78. The second kappa shape index (κ2) is 10.3. The van der Waals surface area contributed by atoms with Crippen molar-refractivity contribution >= 4 is 40.8 Å². The van der Waals surface area contributed by atoms with E-state index in [9.17, 15) is 14.4 Å². The van der Waals surface area contributed by atoms with Crippen molar-refractivity contribution in [1.82, 2.24) is 0 Å². The molecule has 31 heavy (non-hydrogen) atoms. The number of ether oxygens (including phenoxy) is 2. The molecule has 3 aromatic carbocycles. The Morgan fingerprint density at radius 1 is 0.871 bits per heavy atom. The fraction of sp³-hybridized carbons (Fsp3) is 0.0870. The Morgan fingerprint density at radius 2 is 1.55 bits per heavy atom. The number of rotatable bonds is 7. The summed E-state index contributed by atoms with van der Waals surface area (Å²) in [4.78, 5) is 36.5. The van der Waals surface area contributed by atoms with Gasteiger partial charge in [0, 0.05) is 11.3 Å². The molecule has 7 nitrogen and oxygen atoms in total. The van der Waals surface area contributed by atoms with Gasteiger partial charge < -0.3 is 20.1 Å². The minimum Gasteiger partial charge on any atom is -0.495 e. The van der Waals surface area contributed by atoms with Gasteiger partial charge in [0.15, 0.2) is 6.61 Å². The third kappa shape index (κ3) is 5.83. The van der Waals surface area contributed by atoms with E-state index < -0.39 is 18.5 Å². The summed E-state index contributed by atoms with van der Waals surface area (Å²) in [5, 5.41) is 5.61. The maximum Gasteiger partial charge on any atom is 0.340 e. The van der Waals surface area contributed by atoms with Gasteiger partial charge in [-0.15, -0.1) is 0 Å². The van der Waals surface area contributed by atoms with Crippen molar-refractivity contribution in [2.45, 2.75) is 0 Å². The Bertz CT molecular complexity index is 1100. The van der Waals surface area contributed by atoms with Gasteiger partial charge in [-0.05, 0) is 48.5 Å². The Morgan fingerprint density at radius 3 is 2.26 bits per heavy atom. The zero-order valence-electron chi connectivity index (χ0n) is 16.6. The minimum atomic E-state index is -0.691. The zero-order chi connectivity index (χ0) is 22.2. The van der Waals surface area contributed by atoms with Crippen molar-refractivity contribution in [2.75, 3.05) is 24.4 Å². The first-order chi connectivity index (χ1) is 15.0. The lowest BCUT2D eigenvalue weighted by Gasteiger charge is -2.10. The van der Waals surface area contributed by atoms with E-state index in [2.05, 4.69) is 10.6 Å². The number of carbonyl (C=O) groups excluding carboxylic acids is 3. The van der Waals surface area contributed by atoms with Crippen LogP contribution in [0.3, 0.4) is 0 Å². The highest BCUT2D eigenvalue weighted by atomic mass is 35.5. The van der Waals surface area contributed by atoms with Gasteiger partial charge in [0.2, 0.25) is 0 Å². The van der Waals surface area contributed by atoms with Gasteiger partial charge in [-0.3, -0.25) is 9.59 Å². The van der Waals surface area contributed by atoms with E-state index in [-0.39, 0.29) is 16.5 Å². The molecule has 3 aromatic rings. The number of anilines is 2. The minimum absolute atomic E-state index is 0.183. The summed E-state index contributed by atoms with van der Waals surface area (Å²) >= 11 is 5.93. The van der Waals surface area contributed by atoms with Crippen LogP contribution in [0, 0.1) is 0 Å². The molecular formula is C23H19ClN2O5. The van der Waals surface area contributed by atoms with E-state index in [1.807, 2.05) is 0 Å². The fourth-order valence-electron chi connectivity index (χ4n) is 2.68. The number of hydrogen-bond acceptors (Lipinski definition) is 5. The van der Waals surface area contributed by atoms with Crippen LogP contribution in [0.2, 0.25) is 5.02 Å². The van der Waals surface area contributed by atoms with Crippen molar-refractivity contribution in [1.29, 1.82) is 0 Å². The Balaban J connectivity index is 1.54. The molecule has 0 saturated carbocycles. The number of methoxy groups -OCH3 is 1. The molecule has 0 aromatic heterocycles. The molecule has 0 aliphatic rings. The molecule has 0 unspecified atom stereocenters. The van der Waals surface area contributed by atoms with Gasteiger partial charge >= 0.3 is 5.97 Å². The molecule has 0 heterocycles. The van der Waals surface area contributed by atoms with Gasteiger partial charge in [-0.2, -0.15) is 0 Å². The maximum atomic E-state index is 12.4. The molecule has 0 radical (unpaired) electrons. The highest BCUT2D eigenvalue weighted by molar-refractivity contribution is 6.33. The van der Waals surface area contributed by atoms with Crippen LogP contribution in [0.4, 0.5) is 11.4 Å². The van der Waals surface area contributed by atoms with Crippen LogP contribution in [0.25, 0.3) is 0 Å². The second-order valence-electron chi connectivity index (χ2n) is 6.34. The normalized spacial score (nSPS) is 10.1. The fourth-order valence-corrected chi connectivity index (χ4v) is 2.89. The van der Waals surface area contributed by atoms with Crippen molar-refractivity contribution < 1.29 is 23.9 Å². The predicted octanol–water partition coefficient (Wildman–Crippen LogP) is 4.40. The van der Waals surface area contributed by atoms with Crippen molar-refractivity contribution in [2.24, 2.45) is 0 Å². The third-order valence-electron chi connectivity index (χ3n) is 4.21. The van der Waals surface area contributed by atoms with Crippen LogP contribution >= 0.6 is 11.6 Å². The molecule has 2 N–H and O–H groups in total. The number of para-hydroxylation sites is 2. The van der Waals surface area contributed by atoms with Crippen molar-refractivity contribution in [3.63, 3.8) is 0 Å². The number of carbonyl (C=O) groups is 3. The quantitative estimate of drug-likeness (QED) is 0.533.